The Morgan fingerprint density at radius 1 is 1.57 bits per heavy atom. The van der Waals surface area contributed by atoms with Crippen LogP contribution in [0.3, 0.4) is 0 Å². The molecule has 0 radical (unpaired) electrons. The number of halogens is 1. The Morgan fingerprint density at radius 3 is 3.00 bits per heavy atom. The number of rotatable bonds is 3. The van der Waals surface area contributed by atoms with Crippen molar-refractivity contribution in [2.75, 3.05) is 6.54 Å². The lowest BCUT2D eigenvalue weighted by molar-refractivity contribution is -0.131. The number of carbonyl (C=O) groups excluding carboxylic acids is 1. The number of aryl methyl sites for hydroxylation is 2. The van der Waals surface area contributed by atoms with Gasteiger partial charge in [0.2, 0.25) is 11.1 Å². The first kappa shape index (κ1) is 14.1. The molecule has 1 atom stereocenters. The minimum atomic E-state index is 0.0505. The van der Waals surface area contributed by atoms with Gasteiger partial charge in [0.15, 0.2) is 0 Å². The molecule has 3 rings (SSSR count). The van der Waals surface area contributed by atoms with Gasteiger partial charge >= 0.3 is 0 Å². The molecular formula is C14H17ClN4O2. The van der Waals surface area contributed by atoms with Crippen LogP contribution < -0.4 is 0 Å². The summed E-state index contributed by atoms with van der Waals surface area (Å²) in [6.07, 6.45) is 5.99. The van der Waals surface area contributed by atoms with Gasteiger partial charge in [-0.2, -0.15) is 5.10 Å². The smallest absolute Gasteiger partial charge is 0.229 e. The van der Waals surface area contributed by atoms with E-state index < -0.39 is 0 Å². The van der Waals surface area contributed by atoms with Gasteiger partial charge in [-0.25, -0.2) is 0 Å². The predicted molar refractivity (Wildman–Crippen MR) is 76.9 cm³/mol. The van der Waals surface area contributed by atoms with Crippen LogP contribution in [0.2, 0.25) is 5.22 Å². The molecule has 1 aliphatic heterocycles. The van der Waals surface area contributed by atoms with Crippen LogP contribution in [0, 0.1) is 6.92 Å². The molecule has 1 amide bonds. The van der Waals surface area contributed by atoms with Gasteiger partial charge in [-0.05, 0) is 31.4 Å². The predicted octanol–water partition coefficient (Wildman–Crippen LogP) is 2.28. The van der Waals surface area contributed by atoms with Crippen molar-refractivity contribution in [3.05, 3.63) is 34.4 Å². The number of nitrogens with zero attached hydrogens (tertiary/aromatic N) is 4. The quantitative estimate of drug-likeness (QED) is 0.872. The van der Waals surface area contributed by atoms with E-state index in [1.54, 1.807) is 11.6 Å². The zero-order valence-corrected chi connectivity index (χ0v) is 12.8. The lowest BCUT2D eigenvalue weighted by atomic mass is 10.1. The van der Waals surface area contributed by atoms with Crippen LogP contribution >= 0.6 is 11.6 Å². The third-order valence-corrected chi connectivity index (χ3v) is 4.24. The molecule has 1 aliphatic rings. The molecule has 2 aromatic rings. The molecule has 0 unspecified atom stereocenters. The topological polar surface area (TPSA) is 64.2 Å². The highest BCUT2D eigenvalue weighted by atomic mass is 35.5. The molecule has 0 bridgehead atoms. The minimum Gasteiger partial charge on any atom is -0.344 e. The van der Waals surface area contributed by atoms with Crippen molar-refractivity contribution >= 4 is 17.5 Å². The van der Waals surface area contributed by atoms with Crippen LogP contribution in [-0.2, 0) is 18.3 Å². The van der Waals surface area contributed by atoms with Crippen molar-refractivity contribution < 1.29 is 9.32 Å². The Morgan fingerprint density at radius 2 is 2.38 bits per heavy atom. The maximum atomic E-state index is 12.6. The highest BCUT2D eigenvalue weighted by molar-refractivity contribution is 6.29. The second-order valence-electron chi connectivity index (χ2n) is 5.39. The Balaban J connectivity index is 1.77. The van der Waals surface area contributed by atoms with Gasteiger partial charge < -0.3 is 9.42 Å². The van der Waals surface area contributed by atoms with Crippen molar-refractivity contribution in [3.63, 3.8) is 0 Å². The molecule has 0 N–H and O–H groups in total. The number of aromatic nitrogens is 3. The highest BCUT2D eigenvalue weighted by Crippen LogP contribution is 2.32. The molecule has 112 valence electrons. The van der Waals surface area contributed by atoms with Crippen molar-refractivity contribution in [3.8, 4) is 0 Å². The highest BCUT2D eigenvalue weighted by Gasteiger charge is 2.31. The summed E-state index contributed by atoms with van der Waals surface area (Å²) in [6.45, 7) is 2.56. The fourth-order valence-corrected chi connectivity index (χ4v) is 3.07. The summed E-state index contributed by atoms with van der Waals surface area (Å²) in [5.74, 6) is 0.0505. The normalized spacial score (nSPS) is 18.4. The van der Waals surface area contributed by atoms with E-state index in [1.165, 1.54) is 0 Å². The Hall–Kier alpha value is -1.82. The zero-order valence-electron chi connectivity index (χ0n) is 12.0. The number of likely N-dealkylation sites (tertiary alicyclic amines) is 1. The summed E-state index contributed by atoms with van der Waals surface area (Å²) in [4.78, 5) is 14.5. The molecule has 2 aromatic heterocycles. The van der Waals surface area contributed by atoms with Gasteiger partial charge in [0.1, 0.15) is 0 Å². The second kappa shape index (κ2) is 5.52. The van der Waals surface area contributed by atoms with Crippen LogP contribution in [0.1, 0.15) is 35.7 Å². The Bertz CT molecular complexity index is 644. The molecule has 0 spiro atoms. The van der Waals surface area contributed by atoms with E-state index in [9.17, 15) is 4.79 Å². The summed E-state index contributed by atoms with van der Waals surface area (Å²) in [7, 11) is 1.88. The summed E-state index contributed by atoms with van der Waals surface area (Å²) in [5.41, 5.74) is 2.43. The lowest BCUT2D eigenvalue weighted by Gasteiger charge is -2.23. The van der Waals surface area contributed by atoms with Gasteiger partial charge in [0.25, 0.3) is 0 Å². The number of hydrogen-bond acceptors (Lipinski definition) is 4. The van der Waals surface area contributed by atoms with Crippen LogP contribution in [0.5, 0.6) is 0 Å². The van der Waals surface area contributed by atoms with E-state index in [4.69, 9.17) is 16.1 Å². The van der Waals surface area contributed by atoms with E-state index in [0.29, 0.717) is 11.3 Å². The maximum absolute atomic E-state index is 12.6. The summed E-state index contributed by atoms with van der Waals surface area (Å²) >= 11 is 5.94. The first-order valence-electron chi connectivity index (χ1n) is 6.95. The average molecular weight is 309 g/mol. The van der Waals surface area contributed by atoms with Crippen LogP contribution in [0.15, 0.2) is 16.9 Å². The molecular weight excluding hydrogens is 292 g/mol. The van der Waals surface area contributed by atoms with E-state index in [2.05, 4.69) is 10.3 Å². The van der Waals surface area contributed by atoms with E-state index in [-0.39, 0.29) is 23.6 Å². The SMILES string of the molecule is Cc1noc(Cl)c1CC(=O)N1CCC[C@H]1c1cnn(C)c1. The van der Waals surface area contributed by atoms with Gasteiger partial charge in [-0.15, -0.1) is 0 Å². The zero-order chi connectivity index (χ0) is 15.0. The van der Waals surface area contributed by atoms with Crippen molar-refractivity contribution in [2.45, 2.75) is 32.2 Å². The molecule has 1 saturated heterocycles. The summed E-state index contributed by atoms with van der Waals surface area (Å²) in [6, 6.07) is 0.102. The van der Waals surface area contributed by atoms with Gasteiger partial charge in [0, 0.05) is 30.9 Å². The van der Waals surface area contributed by atoms with Gasteiger partial charge in [0.05, 0.1) is 24.4 Å². The molecule has 3 heterocycles. The summed E-state index contributed by atoms with van der Waals surface area (Å²) in [5, 5.41) is 8.18. The maximum Gasteiger partial charge on any atom is 0.229 e. The molecule has 0 aliphatic carbocycles. The van der Waals surface area contributed by atoms with Crippen molar-refractivity contribution in [1.29, 1.82) is 0 Å². The molecule has 0 aromatic carbocycles. The third kappa shape index (κ3) is 2.68. The van der Waals surface area contributed by atoms with Crippen LogP contribution in [0.4, 0.5) is 0 Å². The molecule has 0 saturated carbocycles. The monoisotopic (exact) mass is 308 g/mol. The van der Waals surface area contributed by atoms with Crippen molar-refractivity contribution in [1.82, 2.24) is 19.8 Å². The molecule has 6 nitrogen and oxygen atoms in total. The first-order chi connectivity index (χ1) is 10.1. The Kier molecular flexibility index (Phi) is 3.71. The first-order valence-corrected chi connectivity index (χ1v) is 7.32. The minimum absolute atomic E-state index is 0.0505. The number of amides is 1. The second-order valence-corrected chi connectivity index (χ2v) is 5.73. The van der Waals surface area contributed by atoms with E-state index in [1.807, 2.05) is 24.3 Å². The fraction of sp³-hybridized carbons (Fsp3) is 0.500. The standard InChI is InChI=1S/C14H17ClN4O2/c1-9-11(14(15)21-17-9)6-13(20)19-5-3-4-12(19)10-7-16-18(2)8-10/h7-8,12H,3-6H2,1-2H3/t12-/m0/s1. The van der Waals surface area contributed by atoms with Gasteiger partial charge in [-0.3, -0.25) is 9.48 Å². The van der Waals surface area contributed by atoms with Crippen molar-refractivity contribution in [2.24, 2.45) is 7.05 Å². The molecule has 7 heteroatoms. The average Bonchev–Trinajstić information content (AvgIpc) is 3.14. The van der Waals surface area contributed by atoms with Crippen LogP contribution in [0.25, 0.3) is 0 Å². The third-order valence-electron chi connectivity index (χ3n) is 3.95. The molecule has 21 heavy (non-hydrogen) atoms. The summed E-state index contributed by atoms with van der Waals surface area (Å²) < 4.78 is 6.67. The van der Waals surface area contributed by atoms with E-state index in [0.717, 1.165) is 24.9 Å². The fourth-order valence-electron chi connectivity index (χ4n) is 2.84. The largest absolute Gasteiger partial charge is 0.344 e. The van der Waals surface area contributed by atoms with E-state index >= 15 is 0 Å². The lowest BCUT2D eigenvalue weighted by Crippen LogP contribution is -2.31. The number of hydrogen-bond donors (Lipinski definition) is 0. The molecule has 1 fully saturated rings. The number of carbonyl (C=O) groups is 1. The Labute approximate surface area is 127 Å². The van der Waals surface area contributed by atoms with Gasteiger partial charge in [-0.1, -0.05) is 5.16 Å². The van der Waals surface area contributed by atoms with Crippen LogP contribution in [-0.4, -0.2) is 32.3 Å².